The maximum Gasteiger partial charge on any atom is 0.283 e. The molecule has 1 aliphatic heterocycles. The molecule has 3 aromatic carbocycles. The zero-order chi connectivity index (χ0) is 22.0. The van der Waals surface area contributed by atoms with Gasteiger partial charge in [0.2, 0.25) is 0 Å². The summed E-state index contributed by atoms with van der Waals surface area (Å²) in [6.45, 7) is 4.48. The molecule has 0 aromatic heterocycles. The molecule has 31 heavy (non-hydrogen) atoms. The van der Waals surface area contributed by atoms with Crippen LogP contribution in [0.1, 0.15) is 12.5 Å². The van der Waals surface area contributed by atoms with Crippen molar-refractivity contribution in [1.82, 2.24) is 0 Å². The second-order valence-corrected chi connectivity index (χ2v) is 8.61. The molecule has 0 saturated heterocycles. The number of halogens is 1. The molecule has 0 aliphatic carbocycles. The van der Waals surface area contributed by atoms with Crippen LogP contribution < -0.4 is 9.80 Å². The fourth-order valence-electron chi connectivity index (χ4n) is 3.45. The first-order chi connectivity index (χ1) is 15.0. The molecule has 0 unspecified atom stereocenters. The third-order valence-electron chi connectivity index (χ3n) is 5.00. The van der Waals surface area contributed by atoms with Gasteiger partial charge in [0, 0.05) is 22.2 Å². The van der Waals surface area contributed by atoms with Crippen LogP contribution in [-0.4, -0.2) is 18.4 Å². The summed E-state index contributed by atoms with van der Waals surface area (Å²) in [4.78, 5) is 31.5. The van der Waals surface area contributed by atoms with Crippen LogP contribution >= 0.6 is 23.4 Å². The number of para-hydroxylation sites is 1. The Morgan fingerprint density at radius 2 is 1.52 bits per heavy atom. The number of anilines is 2. The number of hydrogen-bond acceptors (Lipinski definition) is 4. The summed E-state index contributed by atoms with van der Waals surface area (Å²) in [6, 6.07) is 24.3. The first-order valence-corrected chi connectivity index (χ1v) is 11.1. The summed E-state index contributed by atoms with van der Waals surface area (Å²) in [6.07, 6.45) is 0. The van der Waals surface area contributed by atoms with Gasteiger partial charge in [-0.2, -0.15) is 0 Å². The van der Waals surface area contributed by atoms with Crippen LogP contribution in [0.5, 0.6) is 0 Å². The highest BCUT2D eigenvalue weighted by atomic mass is 35.5. The summed E-state index contributed by atoms with van der Waals surface area (Å²) in [5.41, 5.74) is 2.88. The Hall–Kier alpha value is -3.02. The zero-order valence-electron chi connectivity index (χ0n) is 17.2. The lowest BCUT2D eigenvalue weighted by atomic mass is 10.2. The van der Waals surface area contributed by atoms with Crippen LogP contribution in [0, 0.1) is 6.92 Å². The summed E-state index contributed by atoms with van der Waals surface area (Å²) in [5, 5.41) is 0.619. The lowest BCUT2D eigenvalue weighted by molar-refractivity contribution is -0.120. The van der Waals surface area contributed by atoms with Crippen molar-refractivity contribution in [3.8, 4) is 0 Å². The van der Waals surface area contributed by atoms with Crippen molar-refractivity contribution in [2.75, 3.05) is 16.3 Å². The van der Waals surface area contributed by atoms with Gasteiger partial charge in [-0.05, 0) is 62.4 Å². The van der Waals surface area contributed by atoms with E-state index in [4.69, 9.17) is 11.6 Å². The molecule has 3 aromatic rings. The van der Waals surface area contributed by atoms with Gasteiger partial charge >= 0.3 is 0 Å². The molecule has 0 bridgehead atoms. The van der Waals surface area contributed by atoms with Crippen molar-refractivity contribution >= 4 is 46.6 Å². The molecule has 4 rings (SSSR count). The number of hydrogen-bond donors (Lipinski definition) is 0. The molecule has 0 atom stereocenters. The van der Waals surface area contributed by atoms with E-state index in [-0.39, 0.29) is 11.8 Å². The molecule has 2 amide bonds. The Morgan fingerprint density at radius 1 is 0.871 bits per heavy atom. The Balaban J connectivity index is 1.81. The molecular formula is C25H21ClN2O2S. The van der Waals surface area contributed by atoms with Gasteiger partial charge in [0.1, 0.15) is 10.6 Å². The minimum Gasteiger partial charge on any atom is -0.336 e. The molecule has 0 fully saturated rings. The summed E-state index contributed by atoms with van der Waals surface area (Å²) in [7, 11) is 0. The van der Waals surface area contributed by atoms with Gasteiger partial charge in [-0.25, -0.2) is 4.90 Å². The molecule has 0 radical (unpaired) electrons. The molecule has 4 nitrogen and oxygen atoms in total. The summed E-state index contributed by atoms with van der Waals surface area (Å²) < 4.78 is 0. The molecule has 6 heteroatoms. The largest absolute Gasteiger partial charge is 0.336 e. The van der Waals surface area contributed by atoms with Gasteiger partial charge in [0.25, 0.3) is 11.8 Å². The Bertz CT molecular complexity index is 1140. The first-order valence-electron chi connectivity index (χ1n) is 9.95. The number of benzene rings is 3. The Morgan fingerprint density at radius 3 is 2.13 bits per heavy atom. The quantitative estimate of drug-likeness (QED) is 0.430. The highest BCUT2D eigenvalue weighted by Gasteiger charge is 2.42. The molecule has 156 valence electrons. The van der Waals surface area contributed by atoms with Gasteiger partial charge in [-0.3, -0.25) is 9.59 Å². The van der Waals surface area contributed by atoms with E-state index in [1.807, 2.05) is 73.3 Å². The van der Waals surface area contributed by atoms with Gasteiger partial charge in [-0.15, -0.1) is 0 Å². The number of imide groups is 1. The third-order valence-corrected chi connectivity index (χ3v) is 6.33. The average Bonchev–Trinajstić information content (AvgIpc) is 3.02. The second kappa shape index (κ2) is 9.00. The average molecular weight is 449 g/mol. The van der Waals surface area contributed by atoms with Crippen LogP contribution in [-0.2, 0) is 9.59 Å². The van der Waals surface area contributed by atoms with Crippen molar-refractivity contribution < 1.29 is 9.59 Å². The van der Waals surface area contributed by atoms with Crippen molar-refractivity contribution in [1.29, 1.82) is 0 Å². The van der Waals surface area contributed by atoms with Crippen LogP contribution in [0.4, 0.5) is 11.4 Å². The Kier molecular flexibility index (Phi) is 6.16. The molecule has 1 heterocycles. The van der Waals surface area contributed by atoms with E-state index in [2.05, 4.69) is 0 Å². The number of amides is 2. The minimum atomic E-state index is -0.323. The van der Waals surface area contributed by atoms with E-state index >= 15 is 0 Å². The van der Waals surface area contributed by atoms with E-state index in [0.717, 1.165) is 16.1 Å². The van der Waals surface area contributed by atoms with Crippen LogP contribution in [0.25, 0.3) is 0 Å². The highest BCUT2D eigenvalue weighted by Crippen LogP contribution is 2.40. The van der Waals surface area contributed by atoms with Crippen molar-refractivity contribution in [2.45, 2.75) is 18.7 Å². The predicted molar refractivity (Wildman–Crippen MR) is 127 cm³/mol. The fourth-order valence-corrected chi connectivity index (χ4v) is 4.56. The van der Waals surface area contributed by atoms with E-state index in [1.165, 1.54) is 16.7 Å². The monoisotopic (exact) mass is 448 g/mol. The third kappa shape index (κ3) is 4.24. The van der Waals surface area contributed by atoms with E-state index < -0.39 is 0 Å². The van der Waals surface area contributed by atoms with Crippen LogP contribution in [0.3, 0.4) is 0 Å². The Labute approximate surface area is 191 Å². The minimum absolute atomic E-state index is 0.321. The van der Waals surface area contributed by atoms with Gasteiger partial charge in [0.15, 0.2) is 0 Å². The second-order valence-electron chi connectivity index (χ2n) is 7.09. The maximum absolute atomic E-state index is 13.6. The maximum atomic E-state index is 13.6. The lowest BCUT2D eigenvalue weighted by Crippen LogP contribution is -2.35. The molecule has 0 spiro atoms. The molecular weight excluding hydrogens is 428 g/mol. The summed E-state index contributed by atoms with van der Waals surface area (Å²) >= 11 is 7.31. The number of likely N-dealkylation sites (N-methyl/N-ethyl adjacent to an activating group) is 1. The van der Waals surface area contributed by atoms with E-state index in [0.29, 0.717) is 27.9 Å². The highest BCUT2D eigenvalue weighted by molar-refractivity contribution is 8.04. The standard InChI is InChI=1S/C25H21ClN2O2S/c1-3-27(19-7-5-4-6-8-19)22-23(31-21-15-11-18(26)12-16-21)25(30)28(24(22)29)20-13-9-17(2)10-14-20/h4-16H,3H2,1-2H3. The van der Waals surface area contributed by atoms with E-state index in [1.54, 1.807) is 24.3 Å². The number of rotatable bonds is 6. The van der Waals surface area contributed by atoms with Gasteiger partial charge in [-0.1, -0.05) is 59.3 Å². The van der Waals surface area contributed by atoms with Crippen molar-refractivity contribution in [2.24, 2.45) is 0 Å². The van der Waals surface area contributed by atoms with E-state index in [9.17, 15) is 9.59 Å². The number of nitrogens with zero attached hydrogens (tertiary/aromatic N) is 2. The van der Waals surface area contributed by atoms with Crippen molar-refractivity contribution in [3.63, 3.8) is 0 Å². The van der Waals surface area contributed by atoms with Crippen LogP contribution in [0.15, 0.2) is 94.4 Å². The topological polar surface area (TPSA) is 40.6 Å². The summed E-state index contributed by atoms with van der Waals surface area (Å²) in [5.74, 6) is -0.644. The molecule has 1 aliphatic rings. The first kappa shape index (κ1) is 21.2. The molecule has 0 N–H and O–H groups in total. The zero-order valence-corrected chi connectivity index (χ0v) is 18.8. The molecule has 0 saturated carbocycles. The number of thioether (sulfide) groups is 1. The number of carbonyl (C=O) groups excluding carboxylic acids is 2. The van der Waals surface area contributed by atoms with Gasteiger partial charge < -0.3 is 4.90 Å². The fraction of sp³-hybridized carbons (Fsp3) is 0.120. The number of carbonyl (C=O) groups is 2. The SMILES string of the molecule is CCN(C1=C(Sc2ccc(Cl)cc2)C(=O)N(c2ccc(C)cc2)C1=O)c1ccccc1. The van der Waals surface area contributed by atoms with Crippen molar-refractivity contribution in [3.05, 3.63) is 100 Å². The number of aryl methyl sites for hydroxylation is 1. The predicted octanol–water partition coefficient (Wildman–Crippen LogP) is 6.05. The van der Waals surface area contributed by atoms with Crippen LogP contribution in [0.2, 0.25) is 5.02 Å². The lowest BCUT2D eigenvalue weighted by Gasteiger charge is -2.24. The smallest absolute Gasteiger partial charge is 0.283 e. The van der Waals surface area contributed by atoms with Gasteiger partial charge in [0.05, 0.1) is 5.69 Å². The normalized spacial score (nSPS) is 13.8.